The Morgan fingerprint density at radius 1 is 1.46 bits per heavy atom. The van der Waals surface area contributed by atoms with Crippen molar-refractivity contribution < 1.29 is 8.78 Å². The van der Waals surface area contributed by atoms with E-state index in [1.807, 2.05) is 0 Å². The molecule has 2 nitrogen and oxygen atoms in total. The highest BCUT2D eigenvalue weighted by Gasteiger charge is 2.02. The van der Waals surface area contributed by atoms with Crippen molar-refractivity contribution in [1.29, 1.82) is 5.26 Å². The molecule has 0 spiro atoms. The highest BCUT2D eigenvalue weighted by molar-refractivity contribution is 6.69. The predicted molar refractivity (Wildman–Crippen MR) is 44.9 cm³/mol. The van der Waals surface area contributed by atoms with E-state index in [0.29, 0.717) is 6.07 Å². The fourth-order valence-electron chi connectivity index (χ4n) is 0.703. The van der Waals surface area contributed by atoms with E-state index in [1.54, 1.807) is 0 Å². The van der Waals surface area contributed by atoms with Crippen LogP contribution in [0, 0.1) is 23.0 Å². The van der Waals surface area contributed by atoms with Crippen molar-refractivity contribution in [2.24, 2.45) is 4.99 Å². The van der Waals surface area contributed by atoms with Crippen molar-refractivity contribution in [3.8, 4) is 6.07 Å². The van der Waals surface area contributed by atoms with Crippen molar-refractivity contribution >= 4 is 22.5 Å². The Hall–Kier alpha value is -1.47. The Labute approximate surface area is 78.1 Å². The zero-order chi connectivity index (χ0) is 9.84. The molecular formula is C8H3ClF2N2. The Morgan fingerprint density at radius 3 is 2.69 bits per heavy atom. The summed E-state index contributed by atoms with van der Waals surface area (Å²) in [7, 11) is 0. The van der Waals surface area contributed by atoms with Gasteiger partial charge < -0.3 is 0 Å². The summed E-state index contributed by atoms with van der Waals surface area (Å²) in [5.41, 5.74) is -0.159. The monoisotopic (exact) mass is 200 g/mol. The number of halogens is 3. The maximum atomic E-state index is 12.8. The van der Waals surface area contributed by atoms with Crippen molar-refractivity contribution in [1.82, 2.24) is 0 Å². The molecule has 1 aromatic rings. The molecule has 0 saturated carbocycles. The van der Waals surface area contributed by atoms with Gasteiger partial charge in [-0.3, -0.25) is 0 Å². The van der Waals surface area contributed by atoms with Crippen LogP contribution < -0.4 is 0 Å². The Kier molecular flexibility index (Phi) is 2.93. The first-order valence-electron chi connectivity index (χ1n) is 3.23. The van der Waals surface area contributed by atoms with Crippen LogP contribution in [0.2, 0.25) is 0 Å². The topological polar surface area (TPSA) is 36.1 Å². The molecule has 1 rings (SSSR count). The number of hydrogen-bond acceptors (Lipinski definition) is 2. The largest absolute Gasteiger partial charge is 0.223 e. The minimum Gasteiger partial charge on any atom is -0.223 e. The van der Waals surface area contributed by atoms with E-state index in [-0.39, 0.29) is 5.69 Å². The van der Waals surface area contributed by atoms with Gasteiger partial charge in [0.25, 0.3) is 0 Å². The van der Waals surface area contributed by atoms with Crippen molar-refractivity contribution in [3.05, 3.63) is 29.8 Å². The van der Waals surface area contributed by atoms with Crippen LogP contribution in [0.5, 0.6) is 0 Å². The minimum absolute atomic E-state index is 0.159. The van der Waals surface area contributed by atoms with Crippen LogP contribution >= 0.6 is 11.6 Å². The highest BCUT2D eigenvalue weighted by Crippen LogP contribution is 2.18. The molecule has 66 valence electrons. The number of hydrogen-bond donors (Lipinski definition) is 0. The summed E-state index contributed by atoms with van der Waals surface area (Å²) < 4.78 is 25.2. The van der Waals surface area contributed by atoms with Crippen molar-refractivity contribution in [2.45, 2.75) is 0 Å². The summed E-state index contributed by atoms with van der Waals surface area (Å²) in [6.45, 7) is 0. The Balaban J connectivity index is 3.12. The lowest BCUT2D eigenvalue weighted by Gasteiger charge is -1.95. The average Bonchev–Trinajstić information content (AvgIpc) is 2.09. The van der Waals surface area contributed by atoms with E-state index in [9.17, 15) is 8.78 Å². The standard InChI is InChI=1S/C8H3ClF2N2/c9-8(4-12)13-7-2-1-5(10)3-6(7)11/h1-3H. The molecule has 0 saturated heterocycles. The van der Waals surface area contributed by atoms with Crippen molar-refractivity contribution in [3.63, 3.8) is 0 Å². The van der Waals surface area contributed by atoms with E-state index >= 15 is 0 Å². The van der Waals surface area contributed by atoms with Crippen LogP contribution in [0.4, 0.5) is 14.5 Å². The second-order valence-electron chi connectivity index (χ2n) is 2.11. The van der Waals surface area contributed by atoms with Crippen LogP contribution in [-0.4, -0.2) is 5.17 Å². The molecule has 5 heteroatoms. The molecule has 0 radical (unpaired) electrons. The smallest absolute Gasteiger partial charge is 0.207 e. The molecule has 1 aromatic carbocycles. The quantitative estimate of drug-likeness (QED) is 0.642. The van der Waals surface area contributed by atoms with Gasteiger partial charge in [-0.25, -0.2) is 13.8 Å². The molecule has 0 N–H and O–H groups in total. The average molecular weight is 201 g/mol. The molecule has 0 aliphatic heterocycles. The minimum atomic E-state index is -0.853. The van der Waals surface area contributed by atoms with Crippen LogP contribution in [-0.2, 0) is 0 Å². The molecule has 0 aliphatic carbocycles. The molecule has 13 heavy (non-hydrogen) atoms. The third kappa shape index (κ3) is 2.49. The first-order chi connectivity index (χ1) is 6.13. The summed E-state index contributed by atoms with van der Waals surface area (Å²) in [5.74, 6) is -1.56. The summed E-state index contributed by atoms with van der Waals surface area (Å²) in [4.78, 5) is 3.40. The molecule has 0 amide bonds. The molecule has 0 heterocycles. The summed E-state index contributed by atoms with van der Waals surface area (Å²) in [5, 5.41) is 7.83. The second kappa shape index (κ2) is 3.97. The van der Waals surface area contributed by atoms with Crippen molar-refractivity contribution in [2.75, 3.05) is 0 Å². The van der Waals surface area contributed by atoms with Gasteiger partial charge in [-0.05, 0) is 12.1 Å². The summed E-state index contributed by atoms with van der Waals surface area (Å²) in [6.07, 6.45) is 0. The first kappa shape index (κ1) is 9.62. The zero-order valence-corrected chi connectivity index (χ0v) is 7.02. The first-order valence-corrected chi connectivity index (χ1v) is 3.60. The van der Waals surface area contributed by atoms with Crippen LogP contribution in [0.1, 0.15) is 0 Å². The summed E-state index contributed by atoms with van der Waals surface area (Å²) >= 11 is 5.24. The molecule has 0 aromatic heterocycles. The van der Waals surface area contributed by atoms with E-state index < -0.39 is 16.8 Å². The van der Waals surface area contributed by atoms with Gasteiger partial charge in [0.1, 0.15) is 17.6 Å². The number of aliphatic imine (C=N–C) groups is 1. The fourth-order valence-corrected chi connectivity index (χ4v) is 0.794. The number of rotatable bonds is 1. The molecule has 0 bridgehead atoms. The van der Waals surface area contributed by atoms with Gasteiger partial charge in [0.2, 0.25) is 5.17 Å². The van der Waals surface area contributed by atoms with Gasteiger partial charge in [0.05, 0.1) is 0 Å². The SMILES string of the molecule is N#CC(Cl)=Nc1ccc(F)cc1F. The summed E-state index contributed by atoms with van der Waals surface area (Å²) in [6, 6.07) is 4.31. The van der Waals surface area contributed by atoms with Crippen LogP contribution in [0.25, 0.3) is 0 Å². The maximum absolute atomic E-state index is 12.8. The van der Waals surface area contributed by atoms with E-state index in [1.165, 1.54) is 6.07 Å². The predicted octanol–water partition coefficient (Wildman–Crippen LogP) is 2.76. The third-order valence-corrected chi connectivity index (χ3v) is 1.39. The van der Waals surface area contributed by atoms with Gasteiger partial charge in [0, 0.05) is 6.07 Å². The number of nitriles is 1. The highest BCUT2D eigenvalue weighted by atomic mass is 35.5. The Morgan fingerprint density at radius 2 is 2.15 bits per heavy atom. The lowest BCUT2D eigenvalue weighted by atomic mass is 10.3. The van der Waals surface area contributed by atoms with Gasteiger partial charge in [-0.2, -0.15) is 5.26 Å². The number of benzene rings is 1. The van der Waals surface area contributed by atoms with Crippen LogP contribution in [0.15, 0.2) is 23.2 Å². The molecule has 0 aliphatic rings. The molecule has 0 fully saturated rings. The fraction of sp³-hybridized carbons (Fsp3) is 0. The van der Waals surface area contributed by atoms with E-state index in [2.05, 4.69) is 4.99 Å². The maximum Gasteiger partial charge on any atom is 0.207 e. The van der Waals surface area contributed by atoms with Gasteiger partial charge in [-0.1, -0.05) is 11.6 Å². The van der Waals surface area contributed by atoms with E-state index in [0.717, 1.165) is 12.1 Å². The molecular weight excluding hydrogens is 198 g/mol. The lowest BCUT2D eigenvalue weighted by Crippen LogP contribution is -1.83. The Bertz CT molecular complexity index is 396. The third-order valence-electron chi connectivity index (χ3n) is 1.22. The van der Waals surface area contributed by atoms with Gasteiger partial charge in [0.15, 0.2) is 5.82 Å². The van der Waals surface area contributed by atoms with E-state index in [4.69, 9.17) is 16.9 Å². The second-order valence-corrected chi connectivity index (χ2v) is 2.47. The van der Waals surface area contributed by atoms with Crippen LogP contribution in [0.3, 0.4) is 0 Å². The normalized spacial score (nSPS) is 11.1. The zero-order valence-electron chi connectivity index (χ0n) is 6.26. The molecule has 0 unspecified atom stereocenters. The number of nitrogens with zero attached hydrogens (tertiary/aromatic N) is 2. The van der Waals surface area contributed by atoms with Gasteiger partial charge >= 0.3 is 0 Å². The molecule has 0 atom stereocenters. The van der Waals surface area contributed by atoms with Gasteiger partial charge in [-0.15, -0.1) is 0 Å². The lowest BCUT2D eigenvalue weighted by molar-refractivity contribution is 0.585.